The van der Waals surface area contributed by atoms with Gasteiger partial charge in [-0.05, 0) is 24.3 Å². The van der Waals surface area contributed by atoms with Gasteiger partial charge in [-0.1, -0.05) is 12.2 Å². The molecule has 0 aliphatic heterocycles. The molecule has 19 heavy (non-hydrogen) atoms. The van der Waals surface area contributed by atoms with Gasteiger partial charge >= 0.3 is 0 Å². The first kappa shape index (κ1) is 15.5. The SMILES string of the molecule is C=CCNCC=CS(=O)(=O)c1ccc(N(C)C)cc1. The minimum atomic E-state index is -3.35. The summed E-state index contributed by atoms with van der Waals surface area (Å²) in [7, 11) is 0.468. The van der Waals surface area contributed by atoms with E-state index in [9.17, 15) is 8.42 Å². The average Bonchev–Trinajstić information content (AvgIpc) is 2.38. The van der Waals surface area contributed by atoms with Gasteiger partial charge in [-0.2, -0.15) is 0 Å². The molecular formula is C14H20N2O2S. The largest absolute Gasteiger partial charge is 0.378 e. The van der Waals surface area contributed by atoms with Crippen LogP contribution in [0.25, 0.3) is 0 Å². The van der Waals surface area contributed by atoms with Crippen LogP contribution in [0.15, 0.2) is 53.3 Å². The van der Waals surface area contributed by atoms with Crippen LogP contribution in [0.2, 0.25) is 0 Å². The molecule has 0 aliphatic rings. The smallest absolute Gasteiger partial charge is 0.199 e. The summed E-state index contributed by atoms with van der Waals surface area (Å²) >= 11 is 0. The van der Waals surface area contributed by atoms with Gasteiger partial charge in [0.15, 0.2) is 9.84 Å². The van der Waals surface area contributed by atoms with Gasteiger partial charge in [0, 0.05) is 38.3 Å². The van der Waals surface area contributed by atoms with E-state index in [2.05, 4.69) is 11.9 Å². The number of rotatable bonds is 7. The van der Waals surface area contributed by atoms with Crippen molar-refractivity contribution >= 4 is 15.5 Å². The average molecular weight is 280 g/mol. The highest BCUT2D eigenvalue weighted by molar-refractivity contribution is 7.94. The van der Waals surface area contributed by atoms with Crippen molar-refractivity contribution in [3.8, 4) is 0 Å². The molecule has 0 saturated carbocycles. The van der Waals surface area contributed by atoms with Crippen LogP contribution in [0.1, 0.15) is 0 Å². The van der Waals surface area contributed by atoms with Crippen molar-refractivity contribution in [1.82, 2.24) is 5.32 Å². The first-order valence-electron chi connectivity index (χ1n) is 5.98. The molecule has 0 unspecified atom stereocenters. The molecule has 5 heteroatoms. The summed E-state index contributed by atoms with van der Waals surface area (Å²) in [6, 6.07) is 6.81. The highest BCUT2D eigenvalue weighted by atomic mass is 32.2. The summed E-state index contributed by atoms with van der Waals surface area (Å²) in [5.41, 5.74) is 0.968. The molecule has 1 rings (SSSR count). The van der Waals surface area contributed by atoms with E-state index in [-0.39, 0.29) is 0 Å². The summed E-state index contributed by atoms with van der Waals surface area (Å²) < 4.78 is 24.0. The molecule has 0 fully saturated rings. The van der Waals surface area contributed by atoms with Gasteiger partial charge in [0.05, 0.1) is 4.90 Å². The zero-order valence-electron chi connectivity index (χ0n) is 11.3. The van der Waals surface area contributed by atoms with E-state index < -0.39 is 9.84 Å². The number of nitrogens with one attached hydrogen (secondary N) is 1. The van der Waals surface area contributed by atoms with Crippen molar-refractivity contribution < 1.29 is 8.42 Å². The Morgan fingerprint density at radius 1 is 1.21 bits per heavy atom. The normalized spacial score (nSPS) is 11.7. The minimum absolute atomic E-state index is 0.304. The molecule has 1 N–H and O–H groups in total. The summed E-state index contributed by atoms with van der Waals surface area (Å²) in [6.45, 7) is 4.72. The number of sulfone groups is 1. The molecular weight excluding hydrogens is 260 g/mol. The van der Waals surface area contributed by atoms with Crippen LogP contribution in [-0.4, -0.2) is 35.6 Å². The van der Waals surface area contributed by atoms with Gasteiger partial charge in [0.1, 0.15) is 0 Å². The van der Waals surface area contributed by atoms with Crippen LogP contribution in [-0.2, 0) is 9.84 Å². The zero-order chi connectivity index (χ0) is 14.3. The van der Waals surface area contributed by atoms with Crippen molar-refractivity contribution in [2.75, 3.05) is 32.1 Å². The van der Waals surface area contributed by atoms with E-state index in [0.29, 0.717) is 18.0 Å². The summed E-state index contributed by atoms with van der Waals surface area (Å²) in [4.78, 5) is 2.23. The molecule has 1 aromatic carbocycles. The Balaban J connectivity index is 2.74. The Morgan fingerprint density at radius 2 is 1.84 bits per heavy atom. The fourth-order valence-corrected chi connectivity index (χ4v) is 2.48. The molecule has 0 atom stereocenters. The fourth-order valence-electron chi connectivity index (χ4n) is 1.46. The van der Waals surface area contributed by atoms with Gasteiger partial charge in [-0.3, -0.25) is 0 Å². The van der Waals surface area contributed by atoms with Gasteiger partial charge in [0.2, 0.25) is 0 Å². The maximum atomic E-state index is 12.0. The van der Waals surface area contributed by atoms with Gasteiger partial charge in [-0.15, -0.1) is 6.58 Å². The third-order valence-electron chi connectivity index (χ3n) is 2.51. The van der Waals surface area contributed by atoms with Crippen LogP contribution < -0.4 is 10.2 Å². The summed E-state index contributed by atoms with van der Waals surface area (Å²) in [6.07, 6.45) is 3.32. The molecule has 1 aromatic rings. The second-order valence-corrected chi connectivity index (χ2v) is 6.09. The molecule has 0 radical (unpaired) electrons. The first-order chi connectivity index (χ1) is 8.97. The van der Waals surface area contributed by atoms with E-state index in [1.54, 1.807) is 36.4 Å². The molecule has 0 bridgehead atoms. The molecule has 104 valence electrons. The molecule has 0 aliphatic carbocycles. The van der Waals surface area contributed by atoms with E-state index in [1.807, 2.05) is 19.0 Å². The lowest BCUT2D eigenvalue weighted by atomic mass is 10.3. The standard InChI is InChI=1S/C14H20N2O2S/c1-4-10-15-11-5-12-19(17,18)14-8-6-13(7-9-14)16(2)3/h4-9,12,15H,1,10-11H2,2-3H3. The van der Waals surface area contributed by atoms with Crippen molar-refractivity contribution in [3.05, 3.63) is 48.4 Å². The van der Waals surface area contributed by atoms with Crippen molar-refractivity contribution in [1.29, 1.82) is 0 Å². The summed E-state index contributed by atoms with van der Waals surface area (Å²) in [5, 5.41) is 4.24. The predicted molar refractivity (Wildman–Crippen MR) is 80.2 cm³/mol. The van der Waals surface area contributed by atoms with E-state index in [1.165, 1.54) is 5.41 Å². The molecule has 0 spiro atoms. The highest BCUT2D eigenvalue weighted by Crippen LogP contribution is 2.17. The van der Waals surface area contributed by atoms with Crippen molar-refractivity contribution in [2.24, 2.45) is 0 Å². The monoisotopic (exact) mass is 280 g/mol. The lowest BCUT2D eigenvalue weighted by Crippen LogP contribution is -2.13. The van der Waals surface area contributed by atoms with Gasteiger partial charge < -0.3 is 10.2 Å². The Kier molecular flexibility index (Phi) is 5.79. The Bertz CT molecular complexity index is 531. The second-order valence-electron chi connectivity index (χ2n) is 4.25. The molecule has 0 heterocycles. The van der Waals surface area contributed by atoms with Crippen LogP contribution in [0.5, 0.6) is 0 Å². The first-order valence-corrected chi connectivity index (χ1v) is 7.52. The maximum absolute atomic E-state index is 12.0. The number of benzene rings is 1. The molecule has 0 aromatic heterocycles. The lowest BCUT2D eigenvalue weighted by Gasteiger charge is -2.12. The topological polar surface area (TPSA) is 49.4 Å². The van der Waals surface area contributed by atoms with Crippen LogP contribution in [0.4, 0.5) is 5.69 Å². The Labute approximate surface area is 115 Å². The Hall–Kier alpha value is -1.59. The molecule has 0 amide bonds. The van der Waals surface area contributed by atoms with E-state index in [0.717, 1.165) is 5.69 Å². The molecule has 0 saturated heterocycles. The van der Waals surface area contributed by atoms with Gasteiger partial charge in [0.25, 0.3) is 0 Å². The van der Waals surface area contributed by atoms with Crippen LogP contribution >= 0.6 is 0 Å². The number of hydrogen-bond donors (Lipinski definition) is 1. The summed E-state index contributed by atoms with van der Waals surface area (Å²) in [5.74, 6) is 0. The van der Waals surface area contributed by atoms with Crippen LogP contribution in [0, 0.1) is 0 Å². The van der Waals surface area contributed by atoms with Crippen molar-refractivity contribution in [3.63, 3.8) is 0 Å². The second kappa shape index (κ2) is 7.11. The Morgan fingerprint density at radius 3 is 2.37 bits per heavy atom. The highest BCUT2D eigenvalue weighted by Gasteiger charge is 2.09. The number of anilines is 1. The third-order valence-corrected chi connectivity index (χ3v) is 3.99. The number of hydrogen-bond acceptors (Lipinski definition) is 4. The van der Waals surface area contributed by atoms with Crippen LogP contribution in [0.3, 0.4) is 0 Å². The third kappa shape index (κ3) is 4.89. The lowest BCUT2D eigenvalue weighted by molar-refractivity contribution is 0.604. The molecule has 4 nitrogen and oxygen atoms in total. The fraction of sp³-hybridized carbons (Fsp3) is 0.286. The van der Waals surface area contributed by atoms with Crippen molar-refractivity contribution in [2.45, 2.75) is 4.90 Å². The zero-order valence-corrected chi connectivity index (χ0v) is 12.2. The van der Waals surface area contributed by atoms with Gasteiger partial charge in [-0.25, -0.2) is 8.42 Å². The predicted octanol–water partition coefficient (Wildman–Crippen LogP) is 1.82. The van der Waals surface area contributed by atoms with E-state index >= 15 is 0 Å². The number of nitrogens with zero attached hydrogens (tertiary/aromatic N) is 1. The maximum Gasteiger partial charge on any atom is 0.199 e. The van der Waals surface area contributed by atoms with E-state index in [4.69, 9.17) is 0 Å². The quantitative estimate of drug-likeness (QED) is 0.611. The minimum Gasteiger partial charge on any atom is -0.378 e.